The lowest BCUT2D eigenvalue weighted by atomic mass is 10.2. The lowest BCUT2D eigenvalue weighted by Gasteiger charge is -2.16. The van der Waals surface area contributed by atoms with Gasteiger partial charge in [-0.2, -0.15) is 0 Å². The summed E-state index contributed by atoms with van der Waals surface area (Å²) in [5.41, 5.74) is 0.944. The molecule has 110 valence electrons. The van der Waals surface area contributed by atoms with Crippen LogP contribution in [0.2, 0.25) is 5.02 Å². The molecule has 1 aromatic rings. The van der Waals surface area contributed by atoms with Crippen molar-refractivity contribution in [2.75, 3.05) is 20.1 Å². The highest BCUT2D eigenvalue weighted by atomic mass is 35.5. The first-order chi connectivity index (χ1) is 9.52. The Bertz CT molecular complexity index is 465. The fraction of sp³-hybridized carbons (Fsp3) is 0.429. The number of nitrogens with one attached hydrogen (secondary N) is 2. The van der Waals surface area contributed by atoms with Crippen LogP contribution in [0.25, 0.3) is 0 Å². The highest BCUT2D eigenvalue weighted by molar-refractivity contribution is 6.31. The molecule has 1 aromatic carbocycles. The quantitative estimate of drug-likeness (QED) is 0.844. The SMILES string of the molecule is CCCNC(=O)NC(=O)CN(C)Cc1ccccc1Cl. The van der Waals surface area contributed by atoms with E-state index in [9.17, 15) is 9.59 Å². The van der Waals surface area contributed by atoms with Gasteiger partial charge in [-0.3, -0.25) is 15.0 Å². The number of hydrogen-bond acceptors (Lipinski definition) is 3. The van der Waals surface area contributed by atoms with E-state index in [1.165, 1.54) is 0 Å². The Labute approximate surface area is 124 Å². The highest BCUT2D eigenvalue weighted by Crippen LogP contribution is 2.16. The molecule has 1 rings (SSSR count). The minimum Gasteiger partial charge on any atom is -0.338 e. The minimum absolute atomic E-state index is 0.130. The molecular formula is C14H20ClN3O2. The van der Waals surface area contributed by atoms with E-state index in [0.717, 1.165) is 12.0 Å². The number of carbonyl (C=O) groups is 2. The van der Waals surface area contributed by atoms with Crippen molar-refractivity contribution in [3.63, 3.8) is 0 Å². The molecule has 0 bridgehead atoms. The Balaban J connectivity index is 2.38. The van der Waals surface area contributed by atoms with E-state index in [1.807, 2.05) is 31.2 Å². The normalized spacial score (nSPS) is 10.4. The first-order valence-electron chi connectivity index (χ1n) is 6.52. The summed E-state index contributed by atoms with van der Waals surface area (Å²) in [7, 11) is 1.80. The lowest BCUT2D eigenvalue weighted by Crippen LogP contribution is -2.43. The van der Waals surface area contributed by atoms with Gasteiger partial charge >= 0.3 is 6.03 Å². The second-order valence-electron chi connectivity index (χ2n) is 4.57. The van der Waals surface area contributed by atoms with Crippen LogP contribution in [0.1, 0.15) is 18.9 Å². The molecule has 0 unspecified atom stereocenters. The topological polar surface area (TPSA) is 61.4 Å². The van der Waals surface area contributed by atoms with Gasteiger partial charge in [0.05, 0.1) is 6.54 Å². The smallest absolute Gasteiger partial charge is 0.321 e. The predicted octanol–water partition coefficient (Wildman–Crippen LogP) is 2.01. The molecule has 0 aliphatic rings. The maximum Gasteiger partial charge on any atom is 0.321 e. The van der Waals surface area contributed by atoms with Crippen LogP contribution in [0.4, 0.5) is 4.79 Å². The molecule has 2 N–H and O–H groups in total. The summed E-state index contributed by atoms with van der Waals surface area (Å²) in [6.45, 7) is 3.17. The number of hydrogen-bond donors (Lipinski definition) is 2. The number of nitrogens with zero attached hydrogens (tertiary/aromatic N) is 1. The van der Waals surface area contributed by atoms with Gasteiger partial charge < -0.3 is 5.32 Å². The number of urea groups is 1. The second-order valence-corrected chi connectivity index (χ2v) is 4.97. The average Bonchev–Trinajstić information content (AvgIpc) is 2.38. The van der Waals surface area contributed by atoms with Crippen molar-refractivity contribution in [3.05, 3.63) is 34.9 Å². The largest absolute Gasteiger partial charge is 0.338 e. The molecular weight excluding hydrogens is 278 g/mol. The number of carbonyl (C=O) groups excluding carboxylic acids is 2. The minimum atomic E-state index is -0.456. The molecule has 0 saturated heterocycles. The van der Waals surface area contributed by atoms with Gasteiger partial charge in [0.25, 0.3) is 0 Å². The summed E-state index contributed by atoms with van der Waals surface area (Å²) in [4.78, 5) is 24.8. The molecule has 6 heteroatoms. The third-order valence-corrected chi connectivity index (χ3v) is 2.97. The molecule has 0 aromatic heterocycles. The summed E-state index contributed by atoms with van der Waals surface area (Å²) < 4.78 is 0. The fourth-order valence-corrected chi connectivity index (χ4v) is 1.86. The predicted molar refractivity (Wildman–Crippen MR) is 79.6 cm³/mol. The van der Waals surface area contributed by atoms with Gasteiger partial charge in [0.15, 0.2) is 0 Å². The lowest BCUT2D eigenvalue weighted by molar-refractivity contribution is -0.120. The Kier molecular flexibility index (Phi) is 7.04. The van der Waals surface area contributed by atoms with E-state index in [2.05, 4.69) is 10.6 Å². The maximum atomic E-state index is 11.7. The van der Waals surface area contributed by atoms with Crippen LogP contribution in [0.3, 0.4) is 0 Å². The zero-order valence-electron chi connectivity index (χ0n) is 11.8. The average molecular weight is 298 g/mol. The maximum absolute atomic E-state index is 11.7. The number of halogens is 1. The summed E-state index contributed by atoms with van der Waals surface area (Å²) >= 11 is 6.06. The summed E-state index contributed by atoms with van der Waals surface area (Å²) in [6.07, 6.45) is 0.827. The molecule has 0 heterocycles. The van der Waals surface area contributed by atoms with Gasteiger partial charge in [0.1, 0.15) is 0 Å². The molecule has 5 nitrogen and oxygen atoms in total. The molecule has 20 heavy (non-hydrogen) atoms. The van der Waals surface area contributed by atoms with E-state index in [0.29, 0.717) is 18.1 Å². The third kappa shape index (κ3) is 6.04. The highest BCUT2D eigenvalue weighted by Gasteiger charge is 2.11. The van der Waals surface area contributed by atoms with Gasteiger partial charge in [-0.15, -0.1) is 0 Å². The molecule has 0 aliphatic carbocycles. The Hall–Kier alpha value is -1.59. The molecule has 0 aliphatic heterocycles. The van der Waals surface area contributed by atoms with Crippen LogP contribution < -0.4 is 10.6 Å². The Morgan fingerprint density at radius 3 is 2.65 bits per heavy atom. The number of amides is 3. The van der Waals surface area contributed by atoms with E-state index in [1.54, 1.807) is 11.9 Å². The summed E-state index contributed by atoms with van der Waals surface area (Å²) in [5, 5.41) is 5.53. The Morgan fingerprint density at radius 1 is 1.30 bits per heavy atom. The fourth-order valence-electron chi connectivity index (χ4n) is 1.67. The summed E-state index contributed by atoms with van der Waals surface area (Å²) in [5.74, 6) is -0.340. The third-order valence-electron chi connectivity index (χ3n) is 2.60. The van der Waals surface area contributed by atoms with E-state index < -0.39 is 6.03 Å². The first kappa shape index (κ1) is 16.5. The zero-order chi connectivity index (χ0) is 15.0. The van der Waals surface area contributed by atoms with Crippen molar-refractivity contribution in [2.24, 2.45) is 0 Å². The van der Waals surface area contributed by atoms with Crippen molar-refractivity contribution in [2.45, 2.75) is 19.9 Å². The van der Waals surface area contributed by atoms with Crippen LogP contribution >= 0.6 is 11.6 Å². The molecule has 0 fully saturated rings. The second kappa shape index (κ2) is 8.55. The van der Waals surface area contributed by atoms with Crippen molar-refractivity contribution in [3.8, 4) is 0 Å². The van der Waals surface area contributed by atoms with Gasteiger partial charge in [0, 0.05) is 18.1 Å². The van der Waals surface area contributed by atoms with Crippen LogP contribution in [-0.2, 0) is 11.3 Å². The van der Waals surface area contributed by atoms with Gasteiger partial charge in [-0.25, -0.2) is 4.79 Å². The van der Waals surface area contributed by atoms with Crippen LogP contribution in [0.15, 0.2) is 24.3 Å². The molecule has 0 saturated carbocycles. The standard InChI is InChI=1S/C14H20ClN3O2/c1-3-8-16-14(20)17-13(19)10-18(2)9-11-6-4-5-7-12(11)15/h4-7H,3,8-10H2,1-2H3,(H2,16,17,19,20). The van der Waals surface area contributed by atoms with Crippen molar-refractivity contribution in [1.82, 2.24) is 15.5 Å². The van der Waals surface area contributed by atoms with E-state index >= 15 is 0 Å². The van der Waals surface area contributed by atoms with Crippen LogP contribution in [0.5, 0.6) is 0 Å². The summed E-state index contributed by atoms with van der Waals surface area (Å²) in [6, 6.07) is 7.01. The van der Waals surface area contributed by atoms with E-state index in [-0.39, 0.29) is 12.5 Å². The Morgan fingerprint density at radius 2 is 2.00 bits per heavy atom. The molecule has 0 spiro atoms. The molecule has 0 atom stereocenters. The number of rotatable bonds is 6. The van der Waals surface area contributed by atoms with Crippen molar-refractivity contribution >= 4 is 23.5 Å². The number of imide groups is 1. The number of benzene rings is 1. The monoisotopic (exact) mass is 297 g/mol. The number of likely N-dealkylation sites (N-methyl/N-ethyl adjacent to an activating group) is 1. The van der Waals surface area contributed by atoms with E-state index in [4.69, 9.17) is 11.6 Å². The van der Waals surface area contributed by atoms with Gasteiger partial charge in [0.2, 0.25) is 5.91 Å². The van der Waals surface area contributed by atoms with Crippen LogP contribution in [0, 0.1) is 0 Å². The van der Waals surface area contributed by atoms with Crippen molar-refractivity contribution in [1.29, 1.82) is 0 Å². The molecule has 0 radical (unpaired) electrons. The van der Waals surface area contributed by atoms with Crippen LogP contribution in [-0.4, -0.2) is 37.0 Å². The van der Waals surface area contributed by atoms with Crippen molar-refractivity contribution < 1.29 is 9.59 Å². The van der Waals surface area contributed by atoms with Gasteiger partial charge in [-0.1, -0.05) is 36.7 Å². The molecule has 3 amide bonds. The first-order valence-corrected chi connectivity index (χ1v) is 6.90. The van der Waals surface area contributed by atoms with Gasteiger partial charge in [-0.05, 0) is 25.1 Å². The zero-order valence-corrected chi connectivity index (χ0v) is 12.5.